The number of rotatable bonds is 5. The Morgan fingerprint density at radius 2 is 2.05 bits per heavy atom. The number of nitrogens with one attached hydrogen (secondary N) is 2. The summed E-state index contributed by atoms with van der Waals surface area (Å²) in [5.74, 6) is 2.43. The average molecular weight is 275 g/mol. The van der Waals surface area contributed by atoms with Crippen molar-refractivity contribution in [3.8, 4) is 0 Å². The smallest absolute Gasteiger partial charge is 0.252 e. The van der Waals surface area contributed by atoms with Crippen molar-refractivity contribution in [1.29, 1.82) is 0 Å². The summed E-state index contributed by atoms with van der Waals surface area (Å²) in [6.07, 6.45) is 8.02. The highest BCUT2D eigenvalue weighted by Crippen LogP contribution is 2.29. The van der Waals surface area contributed by atoms with Crippen LogP contribution in [0.3, 0.4) is 0 Å². The molecule has 20 heavy (non-hydrogen) atoms. The van der Waals surface area contributed by atoms with Gasteiger partial charge in [-0.25, -0.2) is 4.98 Å². The number of amides is 1. The lowest BCUT2D eigenvalue weighted by atomic mass is 9.81. The summed E-state index contributed by atoms with van der Waals surface area (Å²) >= 11 is 0. The normalized spacial score (nSPS) is 22.3. The molecule has 1 saturated carbocycles. The Bertz CT molecular complexity index is 422. The van der Waals surface area contributed by atoms with Crippen LogP contribution in [0.1, 0.15) is 49.4 Å². The van der Waals surface area contributed by atoms with Gasteiger partial charge in [0.05, 0.1) is 5.56 Å². The predicted octanol–water partition coefficient (Wildman–Crippen LogP) is 3.07. The fourth-order valence-electron chi connectivity index (χ4n) is 2.79. The first kappa shape index (κ1) is 14.8. The monoisotopic (exact) mass is 275 g/mol. The largest absolute Gasteiger partial charge is 0.373 e. The molecule has 0 aliphatic heterocycles. The van der Waals surface area contributed by atoms with E-state index in [1.165, 1.54) is 25.7 Å². The van der Waals surface area contributed by atoms with Crippen molar-refractivity contribution in [2.75, 3.05) is 18.9 Å². The Morgan fingerprint density at radius 1 is 1.30 bits per heavy atom. The molecular formula is C16H25N3O. The van der Waals surface area contributed by atoms with E-state index in [9.17, 15) is 4.79 Å². The lowest BCUT2D eigenvalue weighted by Crippen LogP contribution is -2.27. The molecule has 2 N–H and O–H groups in total. The quantitative estimate of drug-likeness (QED) is 0.868. The van der Waals surface area contributed by atoms with Crippen molar-refractivity contribution in [2.24, 2.45) is 11.8 Å². The van der Waals surface area contributed by atoms with E-state index in [4.69, 9.17) is 0 Å². The Labute approximate surface area is 121 Å². The molecule has 0 unspecified atom stereocenters. The van der Waals surface area contributed by atoms with E-state index < -0.39 is 0 Å². The molecule has 0 radical (unpaired) electrons. The van der Waals surface area contributed by atoms with Crippen molar-refractivity contribution in [1.82, 2.24) is 10.3 Å². The van der Waals surface area contributed by atoms with Gasteiger partial charge in [-0.1, -0.05) is 32.6 Å². The van der Waals surface area contributed by atoms with Crippen LogP contribution in [0.2, 0.25) is 0 Å². The second-order valence-electron chi connectivity index (χ2n) is 5.85. The molecule has 0 saturated heterocycles. The minimum absolute atomic E-state index is 0.0238. The molecule has 0 aromatic carbocycles. The first-order chi connectivity index (χ1) is 9.69. The molecule has 1 heterocycles. The number of carbonyl (C=O) groups excluding carboxylic acids is 1. The molecule has 1 fully saturated rings. The van der Waals surface area contributed by atoms with E-state index >= 15 is 0 Å². The molecule has 4 heteroatoms. The standard InChI is InChI=1S/C16H25N3O/c1-12-3-5-13(6-4-12)9-10-18-16(20)14-7-8-15(17-2)19-11-14/h7-8,11-13H,3-6,9-10H2,1-2H3,(H,17,19)(H,18,20). The average Bonchev–Trinajstić information content (AvgIpc) is 2.49. The summed E-state index contributed by atoms with van der Waals surface area (Å²) in [6.45, 7) is 3.10. The number of pyridine rings is 1. The highest BCUT2D eigenvalue weighted by atomic mass is 16.1. The molecule has 1 aliphatic carbocycles. The fraction of sp³-hybridized carbons (Fsp3) is 0.625. The van der Waals surface area contributed by atoms with Crippen LogP contribution >= 0.6 is 0 Å². The van der Waals surface area contributed by atoms with Crippen molar-refractivity contribution in [2.45, 2.75) is 39.0 Å². The molecule has 0 spiro atoms. The van der Waals surface area contributed by atoms with Gasteiger partial charge in [0.15, 0.2) is 0 Å². The van der Waals surface area contributed by atoms with E-state index in [0.29, 0.717) is 5.56 Å². The van der Waals surface area contributed by atoms with Gasteiger partial charge in [-0.15, -0.1) is 0 Å². The first-order valence-electron chi connectivity index (χ1n) is 7.61. The van der Waals surface area contributed by atoms with Crippen molar-refractivity contribution >= 4 is 11.7 Å². The van der Waals surface area contributed by atoms with Gasteiger partial charge >= 0.3 is 0 Å². The fourth-order valence-corrected chi connectivity index (χ4v) is 2.79. The summed E-state index contributed by atoms with van der Waals surface area (Å²) < 4.78 is 0. The van der Waals surface area contributed by atoms with Crippen LogP contribution in [0.5, 0.6) is 0 Å². The van der Waals surface area contributed by atoms with Crippen LogP contribution in [0.15, 0.2) is 18.3 Å². The van der Waals surface area contributed by atoms with E-state index in [0.717, 1.165) is 30.6 Å². The van der Waals surface area contributed by atoms with Crippen LogP contribution in [-0.4, -0.2) is 24.5 Å². The van der Waals surface area contributed by atoms with Crippen molar-refractivity contribution in [3.63, 3.8) is 0 Å². The second-order valence-corrected chi connectivity index (χ2v) is 5.85. The van der Waals surface area contributed by atoms with Crippen LogP contribution in [-0.2, 0) is 0 Å². The van der Waals surface area contributed by atoms with Gasteiger partial charge in [0.2, 0.25) is 0 Å². The number of nitrogens with zero attached hydrogens (tertiary/aromatic N) is 1. The number of carbonyl (C=O) groups is 1. The Hall–Kier alpha value is -1.58. The van der Waals surface area contributed by atoms with E-state index in [2.05, 4.69) is 22.5 Å². The molecule has 2 rings (SSSR count). The van der Waals surface area contributed by atoms with Crippen LogP contribution < -0.4 is 10.6 Å². The highest BCUT2D eigenvalue weighted by Gasteiger charge is 2.18. The van der Waals surface area contributed by atoms with Crippen molar-refractivity contribution in [3.05, 3.63) is 23.9 Å². The molecule has 110 valence electrons. The van der Waals surface area contributed by atoms with Gasteiger partial charge in [-0.3, -0.25) is 4.79 Å². The molecule has 1 aliphatic rings. The van der Waals surface area contributed by atoms with E-state index in [-0.39, 0.29) is 5.91 Å². The highest BCUT2D eigenvalue weighted by molar-refractivity contribution is 5.93. The van der Waals surface area contributed by atoms with Crippen LogP contribution in [0.25, 0.3) is 0 Å². The zero-order valence-electron chi connectivity index (χ0n) is 12.5. The maximum absolute atomic E-state index is 12.0. The minimum Gasteiger partial charge on any atom is -0.373 e. The second kappa shape index (κ2) is 7.27. The molecule has 4 nitrogen and oxygen atoms in total. The Balaban J connectivity index is 1.71. The van der Waals surface area contributed by atoms with E-state index in [1.807, 2.05) is 13.1 Å². The lowest BCUT2D eigenvalue weighted by molar-refractivity contribution is 0.0949. The zero-order chi connectivity index (χ0) is 14.4. The maximum atomic E-state index is 12.0. The molecule has 1 aromatic rings. The first-order valence-corrected chi connectivity index (χ1v) is 7.61. The molecule has 1 amide bonds. The van der Waals surface area contributed by atoms with Crippen molar-refractivity contribution < 1.29 is 4.79 Å². The number of anilines is 1. The third-order valence-electron chi connectivity index (χ3n) is 4.26. The van der Waals surface area contributed by atoms with Crippen LogP contribution in [0.4, 0.5) is 5.82 Å². The SMILES string of the molecule is CNc1ccc(C(=O)NCCC2CCC(C)CC2)cn1. The maximum Gasteiger partial charge on any atom is 0.252 e. The summed E-state index contributed by atoms with van der Waals surface area (Å²) in [4.78, 5) is 16.1. The number of aromatic nitrogens is 1. The van der Waals surface area contributed by atoms with Gasteiger partial charge in [-0.2, -0.15) is 0 Å². The molecule has 1 aromatic heterocycles. The summed E-state index contributed by atoms with van der Waals surface area (Å²) in [6, 6.07) is 3.62. The summed E-state index contributed by atoms with van der Waals surface area (Å²) in [7, 11) is 1.81. The molecule has 0 bridgehead atoms. The lowest BCUT2D eigenvalue weighted by Gasteiger charge is -2.26. The third kappa shape index (κ3) is 4.22. The predicted molar refractivity (Wildman–Crippen MR) is 81.9 cm³/mol. The molecular weight excluding hydrogens is 250 g/mol. The molecule has 0 atom stereocenters. The Morgan fingerprint density at radius 3 is 2.65 bits per heavy atom. The van der Waals surface area contributed by atoms with Crippen LogP contribution in [0, 0.1) is 11.8 Å². The van der Waals surface area contributed by atoms with Gasteiger partial charge in [-0.05, 0) is 30.4 Å². The number of hydrogen-bond donors (Lipinski definition) is 2. The van der Waals surface area contributed by atoms with Gasteiger partial charge in [0.1, 0.15) is 5.82 Å². The van der Waals surface area contributed by atoms with Gasteiger partial charge < -0.3 is 10.6 Å². The topological polar surface area (TPSA) is 54.0 Å². The number of hydrogen-bond acceptors (Lipinski definition) is 3. The van der Waals surface area contributed by atoms with Gasteiger partial charge in [0, 0.05) is 19.8 Å². The zero-order valence-corrected chi connectivity index (χ0v) is 12.5. The Kier molecular flexibility index (Phi) is 5.39. The van der Waals surface area contributed by atoms with Gasteiger partial charge in [0.25, 0.3) is 5.91 Å². The van der Waals surface area contributed by atoms with E-state index in [1.54, 1.807) is 12.3 Å². The third-order valence-corrected chi connectivity index (χ3v) is 4.26. The minimum atomic E-state index is -0.0238. The summed E-state index contributed by atoms with van der Waals surface area (Å²) in [5.41, 5.74) is 0.626. The summed E-state index contributed by atoms with van der Waals surface area (Å²) in [5, 5.41) is 5.94.